The molecule has 7 heteroatoms. The van der Waals surface area contributed by atoms with E-state index in [0.717, 1.165) is 31.2 Å². The first kappa shape index (κ1) is 18.5. The van der Waals surface area contributed by atoms with E-state index in [0.29, 0.717) is 16.3 Å². The number of hydrogen-bond acceptors (Lipinski definition) is 6. The molecule has 1 aromatic heterocycles. The summed E-state index contributed by atoms with van der Waals surface area (Å²) in [7, 11) is 1.33. The molecule has 1 N–H and O–H groups in total. The molecular formula is C19H23N3O3S. The molecule has 1 amide bonds. The number of carbonyl (C=O) groups excluding carboxylic acids is 2. The fraction of sp³-hybridized carbons (Fsp3) is 0.421. The van der Waals surface area contributed by atoms with Crippen molar-refractivity contribution < 1.29 is 14.3 Å². The molecule has 2 heterocycles. The minimum Gasteiger partial charge on any atom is -0.465 e. The Morgan fingerprint density at radius 3 is 2.73 bits per heavy atom. The molecule has 1 aliphatic rings. The zero-order valence-electron chi connectivity index (χ0n) is 15.0. The van der Waals surface area contributed by atoms with Gasteiger partial charge < -0.3 is 4.74 Å². The third-order valence-corrected chi connectivity index (χ3v) is 5.27. The van der Waals surface area contributed by atoms with Gasteiger partial charge in [-0.2, -0.15) is 0 Å². The molecule has 3 rings (SSSR count). The van der Waals surface area contributed by atoms with E-state index >= 15 is 0 Å². The van der Waals surface area contributed by atoms with Crippen molar-refractivity contribution in [1.82, 2.24) is 9.88 Å². The summed E-state index contributed by atoms with van der Waals surface area (Å²) in [5.41, 5.74) is 1.87. The van der Waals surface area contributed by atoms with Gasteiger partial charge in [0.2, 0.25) is 0 Å². The Bertz CT molecular complexity index is 773. The van der Waals surface area contributed by atoms with Crippen LogP contribution in [0.3, 0.4) is 0 Å². The monoisotopic (exact) mass is 373 g/mol. The van der Waals surface area contributed by atoms with Crippen LogP contribution in [0.15, 0.2) is 29.6 Å². The van der Waals surface area contributed by atoms with E-state index in [2.05, 4.69) is 26.9 Å². The van der Waals surface area contributed by atoms with Crippen molar-refractivity contribution in [3.05, 3.63) is 46.5 Å². The topological polar surface area (TPSA) is 71.5 Å². The second-order valence-electron chi connectivity index (χ2n) is 6.65. The van der Waals surface area contributed by atoms with Gasteiger partial charge in [0.05, 0.1) is 18.4 Å². The first-order chi connectivity index (χ1) is 12.5. The van der Waals surface area contributed by atoms with Crippen molar-refractivity contribution in [2.24, 2.45) is 5.92 Å². The van der Waals surface area contributed by atoms with Gasteiger partial charge in [-0.05, 0) is 49.6 Å². The zero-order chi connectivity index (χ0) is 18.5. The summed E-state index contributed by atoms with van der Waals surface area (Å²) in [6, 6.07) is 6.35. The predicted molar refractivity (Wildman–Crippen MR) is 102 cm³/mol. The lowest BCUT2D eigenvalue weighted by Gasteiger charge is -2.30. The Morgan fingerprint density at radius 1 is 1.31 bits per heavy atom. The number of hydrogen-bond donors (Lipinski definition) is 1. The van der Waals surface area contributed by atoms with Gasteiger partial charge in [-0.25, -0.2) is 9.78 Å². The Hall–Kier alpha value is -2.25. The Labute approximate surface area is 157 Å². The fourth-order valence-corrected chi connectivity index (χ4v) is 3.84. The Kier molecular flexibility index (Phi) is 6.00. The molecule has 6 nitrogen and oxygen atoms in total. The molecular weight excluding hydrogens is 350 g/mol. The normalized spacial score (nSPS) is 17.7. The van der Waals surface area contributed by atoms with Crippen LogP contribution in [0, 0.1) is 5.92 Å². The molecule has 1 atom stereocenters. The van der Waals surface area contributed by atoms with Crippen molar-refractivity contribution in [3.8, 4) is 0 Å². The molecule has 26 heavy (non-hydrogen) atoms. The number of thiazole rings is 1. The number of nitrogens with one attached hydrogen (secondary N) is 1. The number of likely N-dealkylation sites (tertiary alicyclic amines) is 1. The van der Waals surface area contributed by atoms with Gasteiger partial charge in [0.25, 0.3) is 5.91 Å². The molecule has 0 spiro atoms. The molecule has 1 aromatic carbocycles. The van der Waals surface area contributed by atoms with Crippen LogP contribution in [0.25, 0.3) is 0 Å². The SMILES string of the molecule is COC(=O)c1ccc(C(=O)Nc2nc(CN3CCC[C@H](C)C3)cs2)cc1. The first-order valence-electron chi connectivity index (χ1n) is 8.71. The van der Waals surface area contributed by atoms with Gasteiger partial charge in [0.1, 0.15) is 0 Å². The van der Waals surface area contributed by atoms with Crippen molar-refractivity contribution in [3.63, 3.8) is 0 Å². The van der Waals surface area contributed by atoms with Crippen LogP contribution in [0.4, 0.5) is 5.13 Å². The van der Waals surface area contributed by atoms with Crippen LogP contribution in [-0.4, -0.2) is 42.0 Å². The van der Waals surface area contributed by atoms with Gasteiger partial charge in [-0.1, -0.05) is 6.92 Å². The second-order valence-corrected chi connectivity index (χ2v) is 7.51. The molecule has 1 saturated heterocycles. The van der Waals surface area contributed by atoms with Crippen LogP contribution in [0.1, 0.15) is 46.2 Å². The molecule has 138 valence electrons. The number of aromatic nitrogens is 1. The largest absolute Gasteiger partial charge is 0.465 e. The van der Waals surface area contributed by atoms with E-state index in [4.69, 9.17) is 0 Å². The van der Waals surface area contributed by atoms with Crippen LogP contribution < -0.4 is 5.32 Å². The van der Waals surface area contributed by atoms with Crippen molar-refractivity contribution >= 4 is 28.3 Å². The minimum atomic E-state index is -0.423. The smallest absolute Gasteiger partial charge is 0.337 e. The number of anilines is 1. The number of ether oxygens (including phenoxy) is 1. The van der Waals surface area contributed by atoms with E-state index < -0.39 is 5.97 Å². The van der Waals surface area contributed by atoms with Crippen LogP contribution in [0.5, 0.6) is 0 Å². The quantitative estimate of drug-likeness (QED) is 0.813. The van der Waals surface area contributed by atoms with E-state index in [-0.39, 0.29) is 5.91 Å². The summed E-state index contributed by atoms with van der Waals surface area (Å²) in [5.74, 6) is 0.0667. The maximum absolute atomic E-state index is 12.3. The van der Waals surface area contributed by atoms with Gasteiger partial charge in [-0.3, -0.25) is 15.0 Å². The maximum atomic E-state index is 12.3. The fourth-order valence-electron chi connectivity index (χ4n) is 3.14. The van der Waals surface area contributed by atoms with Crippen molar-refractivity contribution in [1.29, 1.82) is 0 Å². The molecule has 0 radical (unpaired) electrons. The number of carbonyl (C=O) groups is 2. The van der Waals surface area contributed by atoms with Crippen LogP contribution >= 0.6 is 11.3 Å². The predicted octanol–water partition coefficient (Wildman–Crippen LogP) is 3.41. The van der Waals surface area contributed by atoms with Gasteiger partial charge in [-0.15, -0.1) is 11.3 Å². The van der Waals surface area contributed by atoms with E-state index in [9.17, 15) is 9.59 Å². The zero-order valence-corrected chi connectivity index (χ0v) is 15.8. The van der Waals surface area contributed by atoms with Crippen molar-refractivity contribution in [2.45, 2.75) is 26.3 Å². The number of piperidine rings is 1. The second kappa shape index (κ2) is 8.42. The summed E-state index contributed by atoms with van der Waals surface area (Å²) in [6.07, 6.45) is 2.53. The highest BCUT2D eigenvalue weighted by molar-refractivity contribution is 7.13. The molecule has 1 fully saturated rings. The van der Waals surface area contributed by atoms with E-state index in [1.807, 2.05) is 5.38 Å². The third kappa shape index (κ3) is 4.68. The lowest BCUT2D eigenvalue weighted by molar-refractivity contribution is 0.0600. The molecule has 1 aliphatic heterocycles. The van der Waals surface area contributed by atoms with Crippen LogP contribution in [-0.2, 0) is 11.3 Å². The average molecular weight is 373 g/mol. The summed E-state index contributed by atoms with van der Waals surface area (Å²) in [4.78, 5) is 30.7. The minimum absolute atomic E-state index is 0.242. The lowest BCUT2D eigenvalue weighted by Crippen LogP contribution is -2.33. The maximum Gasteiger partial charge on any atom is 0.337 e. The van der Waals surface area contributed by atoms with E-state index in [1.165, 1.54) is 31.3 Å². The summed E-state index contributed by atoms with van der Waals surface area (Å²) >= 11 is 1.43. The number of rotatable bonds is 5. The van der Waals surface area contributed by atoms with Gasteiger partial charge >= 0.3 is 5.97 Å². The average Bonchev–Trinajstić information content (AvgIpc) is 3.08. The third-order valence-electron chi connectivity index (χ3n) is 4.47. The summed E-state index contributed by atoms with van der Waals surface area (Å²) in [6.45, 7) is 5.32. The lowest BCUT2D eigenvalue weighted by atomic mass is 10.0. The highest BCUT2D eigenvalue weighted by Gasteiger charge is 2.18. The number of nitrogens with zero attached hydrogens (tertiary/aromatic N) is 2. The molecule has 0 unspecified atom stereocenters. The standard InChI is InChI=1S/C19H23N3O3S/c1-13-4-3-9-22(10-13)11-16-12-26-19(20-16)21-17(23)14-5-7-15(8-6-14)18(24)25-2/h5-8,12-13H,3-4,9-11H2,1-2H3,(H,20,21,23)/t13-/m0/s1. The molecule has 0 saturated carbocycles. The number of esters is 1. The summed E-state index contributed by atoms with van der Waals surface area (Å²) in [5, 5.41) is 5.41. The first-order valence-corrected chi connectivity index (χ1v) is 9.59. The number of benzene rings is 1. The summed E-state index contributed by atoms with van der Waals surface area (Å²) < 4.78 is 4.65. The van der Waals surface area contributed by atoms with E-state index in [1.54, 1.807) is 24.3 Å². The van der Waals surface area contributed by atoms with Gasteiger partial charge in [0.15, 0.2) is 5.13 Å². The highest BCUT2D eigenvalue weighted by Crippen LogP contribution is 2.21. The number of methoxy groups -OCH3 is 1. The molecule has 2 aromatic rings. The Morgan fingerprint density at radius 2 is 2.04 bits per heavy atom. The van der Waals surface area contributed by atoms with Gasteiger partial charge in [0, 0.05) is 24.0 Å². The van der Waals surface area contributed by atoms with Crippen molar-refractivity contribution in [2.75, 3.05) is 25.5 Å². The Balaban J connectivity index is 1.58. The van der Waals surface area contributed by atoms with Crippen LogP contribution in [0.2, 0.25) is 0 Å². The molecule has 0 bridgehead atoms. The highest BCUT2D eigenvalue weighted by atomic mass is 32.1. The molecule has 0 aliphatic carbocycles. The number of amides is 1.